The Morgan fingerprint density at radius 2 is 2.18 bits per heavy atom. The summed E-state index contributed by atoms with van der Waals surface area (Å²) < 4.78 is 19.6. The van der Waals surface area contributed by atoms with Crippen LogP contribution in [0.5, 0.6) is 11.6 Å². The Balaban J connectivity index is 2.29. The number of pyridine rings is 1. The molecule has 0 unspecified atom stereocenters. The summed E-state index contributed by atoms with van der Waals surface area (Å²) in [5.74, 6) is 0.728. The van der Waals surface area contributed by atoms with Gasteiger partial charge in [-0.2, -0.15) is 0 Å². The van der Waals surface area contributed by atoms with Crippen molar-refractivity contribution in [1.82, 2.24) is 4.98 Å². The van der Waals surface area contributed by atoms with E-state index in [2.05, 4.69) is 27.6 Å². The number of nitrogens with zero attached hydrogens (tertiary/aromatic N) is 1. The van der Waals surface area contributed by atoms with Gasteiger partial charge in [-0.3, -0.25) is 0 Å². The molecule has 0 radical (unpaired) electrons. The first-order valence-electron chi connectivity index (χ1n) is 4.83. The number of hydrogen-bond acceptors (Lipinski definition) is 2. The van der Waals surface area contributed by atoms with E-state index in [4.69, 9.17) is 16.3 Å². The summed E-state index contributed by atoms with van der Waals surface area (Å²) in [6.07, 6.45) is 1.11. The van der Waals surface area contributed by atoms with Crippen LogP contribution in [0, 0.1) is 9.39 Å². The van der Waals surface area contributed by atoms with Crippen molar-refractivity contribution in [2.75, 3.05) is 0 Å². The largest absolute Gasteiger partial charge is 0.439 e. The molecule has 88 valence electrons. The lowest BCUT2D eigenvalue weighted by atomic mass is 10.3. The van der Waals surface area contributed by atoms with Crippen LogP contribution >= 0.6 is 34.2 Å². The Bertz CT molecular complexity index is 536. The summed E-state index contributed by atoms with van der Waals surface area (Å²) in [4.78, 5) is 3.89. The smallest absolute Gasteiger partial charge is 0.223 e. The Labute approximate surface area is 117 Å². The average molecular weight is 364 g/mol. The van der Waals surface area contributed by atoms with Crippen LogP contribution in [-0.4, -0.2) is 4.98 Å². The Morgan fingerprint density at radius 1 is 1.35 bits per heavy atom. The summed E-state index contributed by atoms with van der Waals surface area (Å²) in [5.41, 5.74) is 0.533. The first kappa shape index (κ1) is 12.6. The van der Waals surface area contributed by atoms with Gasteiger partial charge in [0, 0.05) is 9.13 Å². The number of hydrogen-bond donors (Lipinski definition) is 0. The predicted molar refractivity (Wildman–Crippen MR) is 73.0 cm³/mol. The van der Waals surface area contributed by atoms with Gasteiger partial charge in [-0.1, -0.05) is 6.07 Å². The van der Waals surface area contributed by atoms with Gasteiger partial charge in [0.25, 0.3) is 0 Å². The second-order valence-electron chi connectivity index (χ2n) is 3.31. The fourth-order valence-corrected chi connectivity index (χ4v) is 2.00. The predicted octanol–water partition coefficient (Wildman–Crippen LogP) is 4.36. The van der Waals surface area contributed by atoms with E-state index < -0.39 is 5.82 Å². The Kier molecular flexibility index (Phi) is 4.17. The molecule has 5 heteroatoms. The zero-order valence-corrected chi connectivity index (χ0v) is 11.6. The lowest BCUT2D eigenvalue weighted by molar-refractivity contribution is 0.454. The summed E-state index contributed by atoms with van der Waals surface area (Å²) in [6, 6.07) is 8.83. The van der Waals surface area contributed by atoms with Crippen LogP contribution in [0.4, 0.5) is 4.39 Å². The molecule has 0 spiro atoms. The van der Waals surface area contributed by atoms with Crippen molar-refractivity contribution in [3.63, 3.8) is 0 Å². The van der Waals surface area contributed by atoms with Crippen molar-refractivity contribution in [1.29, 1.82) is 0 Å². The highest BCUT2D eigenvalue weighted by molar-refractivity contribution is 14.1. The molecule has 17 heavy (non-hydrogen) atoms. The van der Waals surface area contributed by atoms with E-state index in [9.17, 15) is 4.39 Å². The van der Waals surface area contributed by atoms with E-state index in [-0.39, 0.29) is 5.88 Å². The molecule has 1 aromatic heterocycles. The first-order valence-corrected chi connectivity index (χ1v) is 6.44. The molecule has 0 saturated carbocycles. The lowest BCUT2D eigenvalue weighted by Crippen LogP contribution is -1.94. The molecular formula is C12H8ClFINO. The highest BCUT2D eigenvalue weighted by Gasteiger charge is 2.07. The number of ether oxygens (including phenoxy) is 1. The monoisotopic (exact) mass is 363 g/mol. The summed E-state index contributed by atoms with van der Waals surface area (Å²) in [5, 5.41) is 0. The van der Waals surface area contributed by atoms with Gasteiger partial charge in [-0.05, 0) is 46.9 Å². The third kappa shape index (κ3) is 3.29. The van der Waals surface area contributed by atoms with E-state index >= 15 is 0 Å². The van der Waals surface area contributed by atoms with Gasteiger partial charge < -0.3 is 4.74 Å². The molecule has 2 nitrogen and oxygen atoms in total. The topological polar surface area (TPSA) is 22.1 Å². The third-order valence-corrected chi connectivity index (χ3v) is 3.01. The quantitative estimate of drug-likeness (QED) is 0.597. The second-order valence-corrected chi connectivity index (χ2v) is 4.82. The fourth-order valence-electron chi connectivity index (χ4n) is 1.30. The zero-order chi connectivity index (χ0) is 12.3. The van der Waals surface area contributed by atoms with Gasteiger partial charge in [0.15, 0.2) is 0 Å². The first-order chi connectivity index (χ1) is 8.19. The van der Waals surface area contributed by atoms with Crippen molar-refractivity contribution in [2.24, 2.45) is 0 Å². The normalized spacial score (nSPS) is 10.3. The molecule has 0 aliphatic carbocycles. The molecule has 0 aliphatic rings. The summed E-state index contributed by atoms with van der Waals surface area (Å²) in [6.45, 7) is 0. The number of rotatable bonds is 3. The van der Waals surface area contributed by atoms with E-state index in [0.29, 0.717) is 17.2 Å². The molecule has 0 bridgehead atoms. The summed E-state index contributed by atoms with van der Waals surface area (Å²) in [7, 11) is 0. The van der Waals surface area contributed by atoms with Crippen molar-refractivity contribution < 1.29 is 9.13 Å². The van der Waals surface area contributed by atoms with Crippen LogP contribution in [0.15, 0.2) is 36.5 Å². The van der Waals surface area contributed by atoms with Crippen LogP contribution in [0.2, 0.25) is 0 Å². The molecule has 1 heterocycles. The molecular weight excluding hydrogens is 355 g/mol. The molecule has 2 aromatic rings. The number of benzene rings is 1. The second kappa shape index (κ2) is 5.64. The van der Waals surface area contributed by atoms with Crippen LogP contribution in [0.3, 0.4) is 0 Å². The van der Waals surface area contributed by atoms with Gasteiger partial charge in [-0.25, -0.2) is 9.37 Å². The minimum absolute atomic E-state index is 0.157. The third-order valence-electron chi connectivity index (χ3n) is 2.05. The molecule has 0 aliphatic heterocycles. The van der Waals surface area contributed by atoms with Crippen molar-refractivity contribution in [3.8, 4) is 11.6 Å². The molecule has 0 N–H and O–H groups in total. The van der Waals surface area contributed by atoms with E-state index in [1.807, 2.05) is 24.3 Å². The lowest BCUT2D eigenvalue weighted by Gasteiger charge is -2.08. The van der Waals surface area contributed by atoms with Crippen molar-refractivity contribution >= 4 is 34.2 Å². The van der Waals surface area contributed by atoms with E-state index in [0.717, 1.165) is 9.77 Å². The van der Waals surface area contributed by atoms with Gasteiger partial charge in [0.05, 0.1) is 12.1 Å². The molecule has 0 atom stereocenters. The van der Waals surface area contributed by atoms with Crippen LogP contribution in [-0.2, 0) is 5.88 Å². The van der Waals surface area contributed by atoms with Crippen LogP contribution in [0.25, 0.3) is 0 Å². The maximum absolute atomic E-state index is 13.0. The van der Waals surface area contributed by atoms with Crippen LogP contribution in [0.1, 0.15) is 5.56 Å². The maximum Gasteiger partial charge on any atom is 0.223 e. The van der Waals surface area contributed by atoms with Gasteiger partial charge in [-0.15, -0.1) is 11.6 Å². The molecule has 0 amide bonds. The summed E-state index contributed by atoms with van der Waals surface area (Å²) >= 11 is 7.90. The number of halogens is 3. The van der Waals surface area contributed by atoms with Crippen molar-refractivity contribution in [2.45, 2.75) is 5.88 Å². The number of aromatic nitrogens is 1. The van der Waals surface area contributed by atoms with Gasteiger partial charge in [0.1, 0.15) is 11.6 Å². The molecule has 0 saturated heterocycles. The van der Waals surface area contributed by atoms with Crippen molar-refractivity contribution in [3.05, 3.63) is 51.5 Å². The molecule has 1 aromatic carbocycles. The minimum atomic E-state index is -0.421. The Hall–Kier alpha value is -0.880. The molecule has 2 rings (SSSR count). The van der Waals surface area contributed by atoms with E-state index in [1.165, 1.54) is 6.07 Å². The maximum atomic E-state index is 13.0. The molecule has 0 fully saturated rings. The fraction of sp³-hybridized carbons (Fsp3) is 0.0833. The van der Waals surface area contributed by atoms with Gasteiger partial charge >= 0.3 is 0 Å². The Morgan fingerprint density at radius 3 is 2.88 bits per heavy atom. The minimum Gasteiger partial charge on any atom is -0.439 e. The number of alkyl halides is 1. The highest BCUT2D eigenvalue weighted by Crippen LogP contribution is 2.25. The highest BCUT2D eigenvalue weighted by atomic mass is 127. The SMILES string of the molecule is Fc1cnc(Oc2cccc(I)c2)c(CCl)c1. The average Bonchev–Trinajstić information content (AvgIpc) is 2.31. The van der Waals surface area contributed by atoms with E-state index in [1.54, 1.807) is 0 Å². The zero-order valence-electron chi connectivity index (χ0n) is 8.66. The van der Waals surface area contributed by atoms with Gasteiger partial charge in [0.2, 0.25) is 5.88 Å². The standard InChI is InChI=1S/C12H8ClFINO/c13-6-8-4-9(14)7-16-12(8)17-11-3-1-2-10(15)5-11/h1-5,7H,6H2. The van der Waals surface area contributed by atoms with Crippen LogP contribution < -0.4 is 4.74 Å².